The zero-order valence-electron chi connectivity index (χ0n) is 13.0. The molecule has 1 aromatic rings. The highest BCUT2D eigenvalue weighted by atomic mass is 35.5. The molecule has 0 N–H and O–H groups in total. The standard InChI is InChI=1S/C15H21Cl2NO3S/c1-4-18(11(3)10-22(20,21)5-2)15(19)9-12-13(16)7-6-8-14(12)17/h6-8,11H,4-5,9-10H2,1-3H3/t11-/m1/s1. The number of carbonyl (C=O) groups is 1. The van der Waals surface area contributed by atoms with Gasteiger partial charge in [-0.05, 0) is 31.5 Å². The quantitative estimate of drug-likeness (QED) is 0.745. The Morgan fingerprint density at radius 2 is 1.77 bits per heavy atom. The van der Waals surface area contributed by atoms with E-state index in [1.54, 1.807) is 36.9 Å². The zero-order chi connectivity index (χ0) is 16.9. The van der Waals surface area contributed by atoms with Gasteiger partial charge in [-0.2, -0.15) is 0 Å². The van der Waals surface area contributed by atoms with Crippen LogP contribution in [0.3, 0.4) is 0 Å². The number of halogens is 2. The summed E-state index contributed by atoms with van der Waals surface area (Å²) in [5.74, 6) is -0.157. The summed E-state index contributed by atoms with van der Waals surface area (Å²) < 4.78 is 23.5. The van der Waals surface area contributed by atoms with Gasteiger partial charge in [-0.1, -0.05) is 36.2 Å². The van der Waals surface area contributed by atoms with Gasteiger partial charge in [-0.25, -0.2) is 8.42 Å². The largest absolute Gasteiger partial charge is 0.339 e. The molecule has 0 aromatic heterocycles. The molecule has 0 aliphatic carbocycles. The number of likely N-dealkylation sites (N-methyl/N-ethyl adjacent to an activating group) is 1. The van der Waals surface area contributed by atoms with Crippen molar-refractivity contribution >= 4 is 38.9 Å². The van der Waals surface area contributed by atoms with E-state index in [1.807, 2.05) is 6.92 Å². The van der Waals surface area contributed by atoms with Crippen LogP contribution in [-0.2, 0) is 21.1 Å². The van der Waals surface area contributed by atoms with E-state index in [2.05, 4.69) is 0 Å². The molecule has 0 saturated carbocycles. The first-order valence-corrected chi connectivity index (χ1v) is 9.72. The molecule has 0 heterocycles. The minimum atomic E-state index is -3.14. The van der Waals surface area contributed by atoms with Gasteiger partial charge in [0.1, 0.15) is 0 Å². The fourth-order valence-corrected chi connectivity index (χ4v) is 3.94. The second-order valence-corrected chi connectivity index (χ2v) is 8.32. The predicted octanol–water partition coefficient (Wildman–Crippen LogP) is 3.21. The Hall–Kier alpha value is -0.780. The van der Waals surface area contributed by atoms with Crippen molar-refractivity contribution in [3.05, 3.63) is 33.8 Å². The van der Waals surface area contributed by atoms with Crippen LogP contribution >= 0.6 is 23.2 Å². The summed E-state index contributed by atoms with van der Waals surface area (Å²) in [7, 11) is -3.14. The summed E-state index contributed by atoms with van der Waals surface area (Å²) in [4.78, 5) is 14.0. The van der Waals surface area contributed by atoms with Gasteiger partial charge in [0.15, 0.2) is 9.84 Å². The van der Waals surface area contributed by atoms with Crippen LogP contribution in [0.5, 0.6) is 0 Å². The van der Waals surface area contributed by atoms with Gasteiger partial charge in [-0.15, -0.1) is 0 Å². The van der Waals surface area contributed by atoms with Crippen molar-refractivity contribution in [3.8, 4) is 0 Å². The molecular weight excluding hydrogens is 345 g/mol. The van der Waals surface area contributed by atoms with E-state index in [-0.39, 0.29) is 29.9 Å². The van der Waals surface area contributed by atoms with Crippen LogP contribution in [-0.4, -0.2) is 43.3 Å². The Bertz CT molecular complexity index is 611. The average Bonchev–Trinajstić information content (AvgIpc) is 2.43. The third-order valence-electron chi connectivity index (χ3n) is 3.52. The summed E-state index contributed by atoms with van der Waals surface area (Å²) in [6, 6.07) is 4.69. The summed E-state index contributed by atoms with van der Waals surface area (Å²) in [6.07, 6.45) is 0.0584. The fraction of sp³-hybridized carbons (Fsp3) is 0.533. The lowest BCUT2D eigenvalue weighted by molar-refractivity contribution is -0.131. The van der Waals surface area contributed by atoms with E-state index in [4.69, 9.17) is 23.2 Å². The fourth-order valence-electron chi connectivity index (χ4n) is 2.26. The first-order valence-electron chi connectivity index (χ1n) is 7.14. The van der Waals surface area contributed by atoms with Crippen LogP contribution in [0.4, 0.5) is 0 Å². The van der Waals surface area contributed by atoms with Gasteiger partial charge in [0.25, 0.3) is 0 Å². The molecule has 22 heavy (non-hydrogen) atoms. The number of amides is 1. The Morgan fingerprint density at radius 3 is 2.23 bits per heavy atom. The first kappa shape index (κ1) is 19.3. The van der Waals surface area contributed by atoms with Gasteiger partial charge in [0.05, 0.1) is 12.2 Å². The molecule has 0 aliphatic rings. The molecule has 1 aromatic carbocycles. The van der Waals surface area contributed by atoms with E-state index in [9.17, 15) is 13.2 Å². The van der Waals surface area contributed by atoms with Gasteiger partial charge >= 0.3 is 0 Å². The molecule has 4 nitrogen and oxygen atoms in total. The predicted molar refractivity (Wildman–Crippen MR) is 91.3 cm³/mol. The number of carbonyl (C=O) groups excluding carboxylic acids is 1. The lowest BCUT2D eigenvalue weighted by Crippen LogP contribution is -2.43. The van der Waals surface area contributed by atoms with Crippen molar-refractivity contribution < 1.29 is 13.2 Å². The van der Waals surface area contributed by atoms with Gasteiger partial charge in [0, 0.05) is 28.4 Å². The highest BCUT2D eigenvalue weighted by Gasteiger charge is 2.24. The minimum Gasteiger partial charge on any atom is -0.339 e. The maximum atomic E-state index is 12.5. The van der Waals surface area contributed by atoms with E-state index >= 15 is 0 Å². The van der Waals surface area contributed by atoms with Crippen molar-refractivity contribution in [1.29, 1.82) is 0 Å². The van der Waals surface area contributed by atoms with Crippen molar-refractivity contribution in [2.75, 3.05) is 18.1 Å². The summed E-state index contributed by atoms with van der Waals surface area (Å²) >= 11 is 12.2. The van der Waals surface area contributed by atoms with Crippen molar-refractivity contribution in [3.63, 3.8) is 0 Å². The molecule has 1 rings (SSSR count). The van der Waals surface area contributed by atoms with Crippen molar-refractivity contribution in [2.45, 2.75) is 33.2 Å². The maximum Gasteiger partial charge on any atom is 0.227 e. The number of sulfone groups is 1. The molecule has 0 unspecified atom stereocenters. The van der Waals surface area contributed by atoms with E-state index in [0.29, 0.717) is 22.2 Å². The number of nitrogens with zero attached hydrogens (tertiary/aromatic N) is 1. The Kier molecular flexibility index (Phi) is 7.16. The van der Waals surface area contributed by atoms with Crippen LogP contribution in [0, 0.1) is 0 Å². The number of hydrogen-bond donors (Lipinski definition) is 0. The molecule has 1 atom stereocenters. The number of hydrogen-bond acceptors (Lipinski definition) is 3. The second kappa shape index (κ2) is 8.18. The molecule has 124 valence electrons. The van der Waals surface area contributed by atoms with Crippen molar-refractivity contribution in [1.82, 2.24) is 4.90 Å². The minimum absolute atomic E-state index is 0.0423. The van der Waals surface area contributed by atoms with Crippen LogP contribution in [0.25, 0.3) is 0 Å². The monoisotopic (exact) mass is 365 g/mol. The van der Waals surface area contributed by atoms with Crippen molar-refractivity contribution in [2.24, 2.45) is 0 Å². The zero-order valence-corrected chi connectivity index (χ0v) is 15.3. The third-order valence-corrected chi connectivity index (χ3v) is 6.10. The summed E-state index contributed by atoms with van der Waals surface area (Å²) in [6.45, 7) is 5.59. The lowest BCUT2D eigenvalue weighted by atomic mass is 10.1. The highest BCUT2D eigenvalue weighted by molar-refractivity contribution is 7.91. The summed E-state index contributed by atoms with van der Waals surface area (Å²) in [5.41, 5.74) is 0.569. The molecule has 0 aliphatic heterocycles. The molecule has 0 spiro atoms. The van der Waals surface area contributed by atoms with Crippen LogP contribution in [0.15, 0.2) is 18.2 Å². The third kappa shape index (κ3) is 5.14. The van der Waals surface area contributed by atoms with E-state index in [0.717, 1.165) is 0 Å². The van der Waals surface area contributed by atoms with Gasteiger partial charge in [-0.3, -0.25) is 4.79 Å². The molecule has 1 amide bonds. The summed E-state index contributed by atoms with van der Waals surface area (Å²) in [5, 5.41) is 0.872. The smallest absolute Gasteiger partial charge is 0.227 e. The molecule has 0 bridgehead atoms. The van der Waals surface area contributed by atoms with E-state index < -0.39 is 9.84 Å². The molecular formula is C15H21Cl2NO3S. The average molecular weight is 366 g/mol. The SMILES string of the molecule is CCN(C(=O)Cc1c(Cl)cccc1Cl)[C@H](C)CS(=O)(=O)CC. The maximum absolute atomic E-state index is 12.5. The second-order valence-electron chi connectivity index (χ2n) is 5.10. The van der Waals surface area contributed by atoms with Crippen LogP contribution in [0.2, 0.25) is 10.0 Å². The Labute approximate surface area is 142 Å². The van der Waals surface area contributed by atoms with Gasteiger partial charge < -0.3 is 4.90 Å². The molecule has 7 heteroatoms. The normalized spacial score (nSPS) is 13.0. The van der Waals surface area contributed by atoms with E-state index in [1.165, 1.54) is 0 Å². The first-order chi connectivity index (χ1) is 10.2. The lowest BCUT2D eigenvalue weighted by Gasteiger charge is -2.28. The molecule has 0 fully saturated rings. The molecule has 0 saturated heterocycles. The Balaban J connectivity index is 2.89. The Morgan fingerprint density at radius 1 is 1.23 bits per heavy atom. The van der Waals surface area contributed by atoms with Crippen LogP contribution < -0.4 is 0 Å². The number of benzene rings is 1. The highest BCUT2D eigenvalue weighted by Crippen LogP contribution is 2.25. The van der Waals surface area contributed by atoms with Gasteiger partial charge in [0.2, 0.25) is 5.91 Å². The van der Waals surface area contributed by atoms with Crippen LogP contribution in [0.1, 0.15) is 26.3 Å². The topological polar surface area (TPSA) is 54.5 Å². The molecule has 0 radical (unpaired) electrons. The number of rotatable bonds is 7.